The van der Waals surface area contributed by atoms with Crippen LogP contribution in [0.4, 0.5) is 11.6 Å². The van der Waals surface area contributed by atoms with Crippen molar-refractivity contribution in [3.05, 3.63) is 47.5 Å². The van der Waals surface area contributed by atoms with Gasteiger partial charge >= 0.3 is 0 Å². The van der Waals surface area contributed by atoms with E-state index in [-0.39, 0.29) is 11.3 Å². The summed E-state index contributed by atoms with van der Waals surface area (Å²) in [5.41, 5.74) is 2.11. The van der Waals surface area contributed by atoms with E-state index in [0.717, 1.165) is 43.4 Å². The van der Waals surface area contributed by atoms with E-state index in [1.165, 1.54) is 24.8 Å². The number of nitrogens with zero attached hydrogens (tertiary/aromatic N) is 5. The Labute approximate surface area is 179 Å². The van der Waals surface area contributed by atoms with Gasteiger partial charge in [-0.3, -0.25) is 4.79 Å². The minimum atomic E-state index is 0.0950. The second-order valence-electron chi connectivity index (χ2n) is 9.40. The molecule has 0 atom stereocenters. The van der Waals surface area contributed by atoms with Gasteiger partial charge in [-0.2, -0.15) is 0 Å². The van der Waals surface area contributed by atoms with Crippen LogP contribution in [0.15, 0.2) is 36.4 Å². The molecule has 30 heavy (non-hydrogen) atoms. The third kappa shape index (κ3) is 4.58. The maximum absolute atomic E-state index is 12.9. The number of piperidine rings is 1. The Kier molecular flexibility index (Phi) is 5.93. The smallest absolute Gasteiger partial charge is 0.253 e. The summed E-state index contributed by atoms with van der Waals surface area (Å²) in [4.78, 5) is 19.4. The summed E-state index contributed by atoms with van der Waals surface area (Å²) in [7, 11) is 0. The maximum Gasteiger partial charge on any atom is 0.253 e. The summed E-state index contributed by atoms with van der Waals surface area (Å²) in [5, 5.41) is 8.93. The number of rotatable bonds is 3. The zero-order valence-electron chi connectivity index (χ0n) is 18.5. The van der Waals surface area contributed by atoms with Crippen LogP contribution in [0.3, 0.4) is 0 Å². The Morgan fingerprint density at radius 2 is 1.27 bits per heavy atom. The van der Waals surface area contributed by atoms with Crippen LogP contribution in [0.2, 0.25) is 0 Å². The number of hydrogen-bond donors (Lipinski definition) is 0. The molecule has 0 bridgehead atoms. The van der Waals surface area contributed by atoms with E-state index in [4.69, 9.17) is 0 Å². The number of piperazine rings is 1. The quantitative estimate of drug-likeness (QED) is 0.776. The molecule has 2 saturated heterocycles. The lowest BCUT2D eigenvalue weighted by molar-refractivity contribution is 0.0746. The van der Waals surface area contributed by atoms with Crippen molar-refractivity contribution in [2.45, 2.75) is 45.4 Å². The van der Waals surface area contributed by atoms with Crippen molar-refractivity contribution in [3.8, 4) is 0 Å². The summed E-state index contributed by atoms with van der Waals surface area (Å²) >= 11 is 0. The topological polar surface area (TPSA) is 52.6 Å². The van der Waals surface area contributed by atoms with Crippen LogP contribution in [0, 0.1) is 0 Å². The average Bonchev–Trinajstić information content (AvgIpc) is 2.79. The SMILES string of the molecule is CC(C)(C)c1ccc(C(=O)N2CCN(c3ccc(N4CCCCC4)nn3)CC2)cc1. The highest BCUT2D eigenvalue weighted by atomic mass is 16.2. The molecule has 1 amide bonds. The van der Waals surface area contributed by atoms with Gasteiger partial charge in [0.15, 0.2) is 11.6 Å². The molecule has 0 saturated carbocycles. The second-order valence-corrected chi connectivity index (χ2v) is 9.40. The lowest BCUT2D eigenvalue weighted by Gasteiger charge is -2.35. The third-order valence-corrected chi connectivity index (χ3v) is 6.21. The Balaban J connectivity index is 1.33. The van der Waals surface area contributed by atoms with Crippen LogP contribution in [0.5, 0.6) is 0 Å². The summed E-state index contributed by atoms with van der Waals surface area (Å²) in [6, 6.07) is 12.2. The molecule has 3 heterocycles. The fraction of sp³-hybridized carbons (Fsp3) is 0.542. The van der Waals surface area contributed by atoms with Crippen molar-refractivity contribution in [1.29, 1.82) is 0 Å². The number of carbonyl (C=O) groups is 1. The van der Waals surface area contributed by atoms with Crippen molar-refractivity contribution < 1.29 is 4.79 Å². The largest absolute Gasteiger partial charge is 0.355 e. The molecular weight excluding hydrogens is 374 g/mol. The summed E-state index contributed by atoms with van der Waals surface area (Å²) in [5.74, 6) is 1.99. The monoisotopic (exact) mass is 407 g/mol. The fourth-order valence-corrected chi connectivity index (χ4v) is 4.21. The van der Waals surface area contributed by atoms with E-state index in [2.05, 4.69) is 65.0 Å². The molecule has 2 fully saturated rings. The van der Waals surface area contributed by atoms with Gasteiger partial charge < -0.3 is 14.7 Å². The highest BCUT2D eigenvalue weighted by Crippen LogP contribution is 2.23. The number of benzene rings is 1. The van der Waals surface area contributed by atoms with E-state index < -0.39 is 0 Å². The molecule has 0 aliphatic carbocycles. The minimum absolute atomic E-state index is 0.0950. The van der Waals surface area contributed by atoms with Crippen molar-refractivity contribution in [1.82, 2.24) is 15.1 Å². The van der Waals surface area contributed by atoms with E-state index in [0.29, 0.717) is 13.1 Å². The zero-order valence-corrected chi connectivity index (χ0v) is 18.5. The molecule has 160 valence electrons. The molecule has 4 rings (SSSR count). The van der Waals surface area contributed by atoms with Crippen molar-refractivity contribution in [3.63, 3.8) is 0 Å². The number of amides is 1. The van der Waals surface area contributed by atoms with Crippen molar-refractivity contribution in [2.75, 3.05) is 49.1 Å². The van der Waals surface area contributed by atoms with Gasteiger partial charge in [-0.15, -0.1) is 10.2 Å². The number of anilines is 2. The predicted octanol–water partition coefficient (Wildman–Crippen LogP) is 3.73. The van der Waals surface area contributed by atoms with Gasteiger partial charge in [0.2, 0.25) is 0 Å². The van der Waals surface area contributed by atoms with E-state index in [1.807, 2.05) is 17.0 Å². The second kappa shape index (κ2) is 8.62. The highest BCUT2D eigenvalue weighted by Gasteiger charge is 2.24. The summed E-state index contributed by atoms with van der Waals surface area (Å²) in [6.07, 6.45) is 3.78. The van der Waals surface area contributed by atoms with Crippen molar-refractivity contribution in [2.24, 2.45) is 0 Å². The highest BCUT2D eigenvalue weighted by molar-refractivity contribution is 5.94. The zero-order chi connectivity index (χ0) is 21.1. The summed E-state index contributed by atoms with van der Waals surface area (Å²) in [6.45, 7) is 11.7. The van der Waals surface area contributed by atoms with Gasteiger partial charge in [0.25, 0.3) is 5.91 Å². The lowest BCUT2D eigenvalue weighted by atomic mass is 9.86. The van der Waals surface area contributed by atoms with Crippen LogP contribution in [-0.2, 0) is 5.41 Å². The Bertz CT molecular complexity index is 843. The molecule has 1 aromatic heterocycles. The Morgan fingerprint density at radius 1 is 0.733 bits per heavy atom. The van der Waals surface area contributed by atoms with Crippen LogP contribution in [0.25, 0.3) is 0 Å². The molecule has 0 unspecified atom stereocenters. The van der Waals surface area contributed by atoms with Gasteiger partial charge in [0.1, 0.15) is 0 Å². The standard InChI is InChI=1S/C24H33N5O/c1-24(2,3)20-9-7-19(8-10-20)23(30)29-17-15-28(16-18-29)22-12-11-21(25-26-22)27-13-5-4-6-14-27/h7-12H,4-6,13-18H2,1-3H3. The molecular formula is C24H33N5O. The Hall–Kier alpha value is -2.63. The normalized spacial score (nSPS) is 17.9. The van der Waals surface area contributed by atoms with Crippen LogP contribution in [-0.4, -0.2) is 60.3 Å². The molecule has 0 spiro atoms. The van der Waals surface area contributed by atoms with Gasteiger partial charge in [-0.05, 0) is 54.5 Å². The third-order valence-electron chi connectivity index (χ3n) is 6.21. The van der Waals surface area contributed by atoms with Crippen LogP contribution < -0.4 is 9.80 Å². The lowest BCUT2D eigenvalue weighted by Crippen LogP contribution is -2.49. The molecule has 0 radical (unpaired) electrons. The first-order chi connectivity index (χ1) is 14.4. The molecule has 1 aromatic carbocycles. The average molecular weight is 408 g/mol. The molecule has 2 aliphatic heterocycles. The van der Waals surface area contributed by atoms with Gasteiger partial charge in [0, 0.05) is 44.8 Å². The van der Waals surface area contributed by atoms with Crippen molar-refractivity contribution >= 4 is 17.5 Å². The first-order valence-electron chi connectivity index (χ1n) is 11.2. The summed E-state index contributed by atoms with van der Waals surface area (Å²) < 4.78 is 0. The molecule has 0 N–H and O–H groups in total. The van der Waals surface area contributed by atoms with Gasteiger partial charge in [0.05, 0.1) is 0 Å². The van der Waals surface area contributed by atoms with E-state index in [1.54, 1.807) is 0 Å². The number of hydrogen-bond acceptors (Lipinski definition) is 5. The van der Waals surface area contributed by atoms with Crippen LogP contribution >= 0.6 is 0 Å². The molecule has 2 aromatic rings. The molecule has 2 aliphatic rings. The minimum Gasteiger partial charge on any atom is -0.355 e. The van der Waals surface area contributed by atoms with E-state index in [9.17, 15) is 4.79 Å². The molecule has 6 nitrogen and oxygen atoms in total. The predicted molar refractivity (Wildman–Crippen MR) is 121 cm³/mol. The first kappa shape index (κ1) is 20.6. The fourth-order valence-electron chi connectivity index (χ4n) is 4.21. The Morgan fingerprint density at radius 3 is 1.77 bits per heavy atom. The first-order valence-corrected chi connectivity index (χ1v) is 11.2. The molecule has 6 heteroatoms. The van der Waals surface area contributed by atoms with Gasteiger partial charge in [-0.25, -0.2) is 0 Å². The maximum atomic E-state index is 12.9. The number of aromatic nitrogens is 2. The number of carbonyl (C=O) groups excluding carboxylic acids is 1. The van der Waals surface area contributed by atoms with Gasteiger partial charge in [-0.1, -0.05) is 32.9 Å². The van der Waals surface area contributed by atoms with E-state index >= 15 is 0 Å². The van der Waals surface area contributed by atoms with Crippen LogP contribution in [0.1, 0.15) is 56.0 Å².